The van der Waals surface area contributed by atoms with E-state index in [2.05, 4.69) is 10.4 Å². The van der Waals surface area contributed by atoms with Crippen molar-refractivity contribution in [1.29, 1.82) is 0 Å². The normalized spacial score (nSPS) is 10.2. The van der Waals surface area contributed by atoms with Crippen LogP contribution in [0.15, 0.2) is 12.3 Å². The fourth-order valence-electron chi connectivity index (χ4n) is 0.946. The summed E-state index contributed by atoms with van der Waals surface area (Å²) in [6.45, 7) is 4.46. The lowest BCUT2D eigenvalue weighted by molar-refractivity contribution is 0.183. The Labute approximate surface area is 72.5 Å². The first-order valence-electron chi connectivity index (χ1n) is 4.13. The van der Waals surface area contributed by atoms with Crippen molar-refractivity contribution >= 4 is 5.82 Å². The number of nitrogens with one attached hydrogen (secondary N) is 1. The van der Waals surface area contributed by atoms with Crippen LogP contribution in [0.25, 0.3) is 0 Å². The minimum Gasteiger partial charge on any atom is -0.383 e. The zero-order valence-corrected chi connectivity index (χ0v) is 7.58. The third kappa shape index (κ3) is 2.54. The van der Waals surface area contributed by atoms with Crippen molar-refractivity contribution in [3.05, 3.63) is 12.3 Å². The molecule has 0 saturated carbocycles. The van der Waals surface area contributed by atoms with E-state index in [0.29, 0.717) is 6.61 Å². The van der Waals surface area contributed by atoms with Crippen LogP contribution in [0.1, 0.15) is 6.92 Å². The molecule has 0 fully saturated rings. The smallest absolute Gasteiger partial charge is 0.147 e. The number of methoxy groups -OCH3 is 1. The van der Waals surface area contributed by atoms with E-state index in [4.69, 9.17) is 4.74 Å². The van der Waals surface area contributed by atoms with E-state index < -0.39 is 0 Å². The molecule has 1 aromatic rings. The largest absolute Gasteiger partial charge is 0.383 e. The van der Waals surface area contributed by atoms with Gasteiger partial charge in [-0.3, -0.25) is 4.68 Å². The summed E-state index contributed by atoms with van der Waals surface area (Å²) in [4.78, 5) is 0. The zero-order chi connectivity index (χ0) is 8.81. The van der Waals surface area contributed by atoms with Gasteiger partial charge in [0.05, 0.1) is 13.2 Å². The van der Waals surface area contributed by atoms with Crippen LogP contribution >= 0.6 is 0 Å². The minimum atomic E-state index is 0.702. The van der Waals surface area contributed by atoms with E-state index in [9.17, 15) is 0 Å². The summed E-state index contributed by atoms with van der Waals surface area (Å²) in [6.07, 6.45) is 1.94. The number of anilines is 1. The van der Waals surface area contributed by atoms with Gasteiger partial charge in [-0.1, -0.05) is 0 Å². The molecule has 4 nitrogen and oxygen atoms in total. The predicted molar refractivity (Wildman–Crippen MR) is 48.3 cm³/mol. The van der Waals surface area contributed by atoms with Gasteiger partial charge < -0.3 is 10.1 Å². The summed E-state index contributed by atoms with van der Waals surface area (Å²) < 4.78 is 6.80. The van der Waals surface area contributed by atoms with Gasteiger partial charge in [0.2, 0.25) is 0 Å². The lowest BCUT2D eigenvalue weighted by Crippen LogP contribution is -2.05. The highest BCUT2D eigenvalue weighted by molar-refractivity contribution is 5.31. The molecule has 0 spiro atoms. The zero-order valence-electron chi connectivity index (χ0n) is 7.58. The molecule has 0 atom stereocenters. The van der Waals surface area contributed by atoms with E-state index in [1.54, 1.807) is 7.11 Å². The summed E-state index contributed by atoms with van der Waals surface area (Å²) in [7, 11) is 1.69. The van der Waals surface area contributed by atoms with Gasteiger partial charge in [0, 0.05) is 25.9 Å². The number of hydrogen-bond acceptors (Lipinski definition) is 3. The highest BCUT2D eigenvalue weighted by Gasteiger charge is 1.95. The van der Waals surface area contributed by atoms with Crippen LogP contribution in [0.3, 0.4) is 0 Å². The molecular formula is C8H15N3O. The van der Waals surface area contributed by atoms with Crippen LogP contribution in [0.2, 0.25) is 0 Å². The predicted octanol–water partition coefficient (Wildman–Crippen LogP) is 0.961. The number of aromatic nitrogens is 2. The van der Waals surface area contributed by atoms with Crippen molar-refractivity contribution in [1.82, 2.24) is 9.78 Å². The highest BCUT2D eigenvalue weighted by atomic mass is 16.5. The molecule has 0 radical (unpaired) electrons. The molecule has 0 amide bonds. The monoisotopic (exact) mass is 169 g/mol. The Bertz CT molecular complexity index is 222. The first-order chi connectivity index (χ1) is 5.86. The molecule has 0 aliphatic heterocycles. The molecule has 1 heterocycles. The molecule has 1 rings (SSSR count). The van der Waals surface area contributed by atoms with E-state index in [-0.39, 0.29) is 0 Å². The van der Waals surface area contributed by atoms with Crippen molar-refractivity contribution in [3.63, 3.8) is 0 Å². The first-order valence-corrected chi connectivity index (χ1v) is 4.13. The number of nitrogens with zero attached hydrogens (tertiary/aromatic N) is 2. The van der Waals surface area contributed by atoms with Gasteiger partial charge in [-0.2, -0.15) is 5.10 Å². The van der Waals surface area contributed by atoms with E-state index in [0.717, 1.165) is 18.9 Å². The second-order valence-electron chi connectivity index (χ2n) is 2.49. The molecule has 1 N–H and O–H groups in total. The minimum absolute atomic E-state index is 0.702. The maximum atomic E-state index is 4.93. The van der Waals surface area contributed by atoms with Crippen LogP contribution in [-0.4, -0.2) is 30.0 Å². The number of rotatable bonds is 5. The summed E-state index contributed by atoms with van der Waals surface area (Å²) in [5, 5.41) is 7.39. The molecule has 1 aromatic heterocycles. The molecule has 0 aromatic carbocycles. The third-order valence-corrected chi connectivity index (χ3v) is 1.52. The van der Waals surface area contributed by atoms with Gasteiger partial charge in [-0.25, -0.2) is 0 Å². The maximum Gasteiger partial charge on any atom is 0.147 e. The third-order valence-electron chi connectivity index (χ3n) is 1.52. The molecule has 4 heteroatoms. The maximum absolute atomic E-state index is 4.93. The fourth-order valence-corrected chi connectivity index (χ4v) is 0.946. The molecule has 0 aliphatic rings. The highest BCUT2D eigenvalue weighted by Crippen LogP contribution is 2.00. The van der Waals surface area contributed by atoms with Gasteiger partial charge in [0.1, 0.15) is 5.82 Å². The Balaban J connectivity index is 2.41. The lowest BCUT2D eigenvalue weighted by atomic mass is 10.6. The van der Waals surface area contributed by atoms with Crippen molar-refractivity contribution in [2.24, 2.45) is 0 Å². The van der Waals surface area contributed by atoms with Gasteiger partial charge in [-0.05, 0) is 6.92 Å². The molecule has 0 unspecified atom stereocenters. The average Bonchev–Trinajstić information content (AvgIpc) is 2.50. The molecule has 0 aliphatic carbocycles. The number of hydrogen-bond donors (Lipinski definition) is 1. The lowest BCUT2D eigenvalue weighted by Gasteiger charge is -1.99. The van der Waals surface area contributed by atoms with Crippen LogP contribution in [-0.2, 0) is 11.3 Å². The summed E-state index contributed by atoms with van der Waals surface area (Å²) >= 11 is 0. The van der Waals surface area contributed by atoms with Crippen LogP contribution < -0.4 is 5.32 Å². The molecule has 12 heavy (non-hydrogen) atoms. The quantitative estimate of drug-likeness (QED) is 0.713. The standard InChI is InChI=1S/C8H15N3O/c1-3-9-8-4-5-11(10-8)6-7-12-2/h4-5H,3,6-7H2,1-2H3,(H,9,10). The summed E-state index contributed by atoms with van der Waals surface area (Å²) in [5.74, 6) is 0.925. The molecule has 0 saturated heterocycles. The van der Waals surface area contributed by atoms with Gasteiger partial charge in [0.25, 0.3) is 0 Å². The van der Waals surface area contributed by atoms with Crippen molar-refractivity contribution in [3.8, 4) is 0 Å². The Morgan fingerprint density at radius 1 is 1.67 bits per heavy atom. The molecule has 0 bridgehead atoms. The van der Waals surface area contributed by atoms with Gasteiger partial charge in [-0.15, -0.1) is 0 Å². The Morgan fingerprint density at radius 2 is 2.50 bits per heavy atom. The van der Waals surface area contributed by atoms with Crippen molar-refractivity contribution in [2.45, 2.75) is 13.5 Å². The summed E-state index contributed by atoms with van der Waals surface area (Å²) in [5.41, 5.74) is 0. The number of ether oxygens (including phenoxy) is 1. The van der Waals surface area contributed by atoms with Crippen LogP contribution in [0.5, 0.6) is 0 Å². The Kier molecular flexibility index (Phi) is 3.60. The molecule has 68 valence electrons. The van der Waals surface area contributed by atoms with E-state index in [1.165, 1.54) is 0 Å². The Morgan fingerprint density at radius 3 is 3.17 bits per heavy atom. The van der Waals surface area contributed by atoms with Gasteiger partial charge >= 0.3 is 0 Å². The van der Waals surface area contributed by atoms with Crippen molar-refractivity contribution < 1.29 is 4.74 Å². The second-order valence-corrected chi connectivity index (χ2v) is 2.49. The SMILES string of the molecule is CCNc1ccn(CCOC)n1. The Hall–Kier alpha value is -1.03. The van der Waals surface area contributed by atoms with E-state index >= 15 is 0 Å². The summed E-state index contributed by atoms with van der Waals surface area (Å²) in [6, 6.07) is 1.96. The van der Waals surface area contributed by atoms with Gasteiger partial charge in [0.15, 0.2) is 0 Å². The topological polar surface area (TPSA) is 39.1 Å². The second kappa shape index (κ2) is 4.77. The average molecular weight is 169 g/mol. The first kappa shape index (κ1) is 9.06. The van der Waals surface area contributed by atoms with E-state index in [1.807, 2.05) is 23.9 Å². The van der Waals surface area contributed by atoms with Crippen molar-refractivity contribution in [2.75, 3.05) is 25.6 Å². The fraction of sp³-hybridized carbons (Fsp3) is 0.625. The van der Waals surface area contributed by atoms with Crippen LogP contribution in [0, 0.1) is 0 Å². The molecular weight excluding hydrogens is 154 g/mol. The van der Waals surface area contributed by atoms with Crippen LogP contribution in [0.4, 0.5) is 5.82 Å².